The zero-order valence-corrected chi connectivity index (χ0v) is 9.89. The van der Waals surface area contributed by atoms with Crippen LogP contribution in [0.2, 0.25) is 0 Å². The van der Waals surface area contributed by atoms with Crippen molar-refractivity contribution < 1.29 is 9.84 Å². The maximum Gasteiger partial charge on any atom is 0.102 e. The molecule has 1 atom stereocenters. The van der Waals surface area contributed by atoms with Crippen molar-refractivity contribution in [3.05, 3.63) is 11.4 Å². The average Bonchev–Trinajstić information content (AvgIpc) is 2.62. The summed E-state index contributed by atoms with van der Waals surface area (Å²) in [5.41, 5.74) is 7.27. The fourth-order valence-corrected chi connectivity index (χ4v) is 1.58. The Morgan fingerprint density at radius 3 is 2.88 bits per heavy atom. The number of aromatic nitrogens is 3. The first-order chi connectivity index (χ1) is 7.72. The van der Waals surface area contributed by atoms with E-state index in [2.05, 4.69) is 17.2 Å². The van der Waals surface area contributed by atoms with Gasteiger partial charge in [-0.2, -0.15) is 0 Å². The molecule has 1 unspecified atom stereocenters. The van der Waals surface area contributed by atoms with Crippen molar-refractivity contribution >= 4 is 0 Å². The number of nitrogens with zero attached hydrogens (tertiary/aromatic N) is 3. The maximum atomic E-state index is 8.85. The second-order valence-electron chi connectivity index (χ2n) is 3.92. The van der Waals surface area contributed by atoms with E-state index in [9.17, 15) is 0 Å². The number of nitrogens with two attached hydrogens (primary N) is 1. The van der Waals surface area contributed by atoms with E-state index in [1.807, 2.05) is 4.68 Å². The zero-order chi connectivity index (χ0) is 12.0. The number of hydrogen-bond donors (Lipinski definition) is 2. The fraction of sp³-hybridized carbons (Fsp3) is 0.800. The van der Waals surface area contributed by atoms with Crippen molar-refractivity contribution in [3.8, 4) is 0 Å². The third kappa shape index (κ3) is 3.26. The van der Waals surface area contributed by atoms with Crippen molar-refractivity contribution in [2.75, 3.05) is 13.7 Å². The van der Waals surface area contributed by atoms with Gasteiger partial charge in [0.2, 0.25) is 0 Å². The highest BCUT2D eigenvalue weighted by Gasteiger charge is 2.13. The summed E-state index contributed by atoms with van der Waals surface area (Å²) in [5.74, 6) is 0.355. The molecule has 0 aliphatic rings. The molecule has 0 saturated carbocycles. The van der Waals surface area contributed by atoms with Gasteiger partial charge in [-0.05, 0) is 12.3 Å². The standard InChI is InChI=1S/C10H20N4O2/c1-8(3-4-15)6-14-10(7-16-2)9(5-11)12-13-14/h8,15H,3-7,11H2,1-2H3. The number of hydrogen-bond acceptors (Lipinski definition) is 5. The molecule has 1 aromatic rings. The van der Waals surface area contributed by atoms with E-state index in [1.165, 1.54) is 0 Å². The van der Waals surface area contributed by atoms with E-state index in [0.29, 0.717) is 19.1 Å². The quantitative estimate of drug-likeness (QED) is 0.680. The van der Waals surface area contributed by atoms with Gasteiger partial charge in [0, 0.05) is 26.8 Å². The Morgan fingerprint density at radius 2 is 2.31 bits per heavy atom. The first-order valence-corrected chi connectivity index (χ1v) is 5.44. The van der Waals surface area contributed by atoms with Gasteiger partial charge >= 0.3 is 0 Å². The summed E-state index contributed by atoms with van der Waals surface area (Å²) in [6.07, 6.45) is 0.754. The highest BCUT2D eigenvalue weighted by atomic mass is 16.5. The lowest BCUT2D eigenvalue weighted by Gasteiger charge is -2.12. The molecule has 0 fully saturated rings. The van der Waals surface area contributed by atoms with Crippen LogP contribution >= 0.6 is 0 Å². The van der Waals surface area contributed by atoms with Crippen LogP contribution in [0, 0.1) is 5.92 Å². The van der Waals surface area contributed by atoms with E-state index in [4.69, 9.17) is 15.6 Å². The smallest absolute Gasteiger partial charge is 0.102 e. The van der Waals surface area contributed by atoms with Gasteiger partial charge < -0.3 is 15.6 Å². The Morgan fingerprint density at radius 1 is 1.56 bits per heavy atom. The van der Waals surface area contributed by atoms with Gasteiger partial charge in [-0.1, -0.05) is 12.1 Å². The van der Waals surface area contributed by atoms with E-state index in [0.717, 1.165) is 24.4 Å². The molecule has 0 spiro atoms. The van der Waals surface area contributed by atoms with Crippen molar-refractivity contribution in [2.24, 2.45) is 11.7 Å². The predicted octanol–water partition coefficient (Wildman–Crippen LogP) is -0.0983. The summed E-state index contributed by atoms with van der Waals surface area (Å²) >= 11 is 0. The number of ether oxygens (including phenoxy) is 1. The largest absolute Gasteiger partial charge is 0.396 e. The molecule has 16 heavy (non-hydrogen) atoms. The van der Waals surface area contributed by atoms with E-state index < -0.39 is 0 Å². The summed E-state index contributed by atoms with van der Waals surface area (Å²) in [6, 6.07) is 0. The molecule has 6 nitrogen and oxygen atoms in total. The first kappa shape index (κ1) is 13.1. The SMILES string of the molecule is COCc1c(CN)nnn1CC(C)CCO. The van der Waals surface area contributed by atoms with E-state index >= 15 is 0 Å². The number of methoxy groups -OCH3 is 1. The third-order valence-electron chi connectivity index (χ3n) is 2.50. The molecular weight excluding hydrogens is 208 g/mol. The van der Waals surface area contributed by atoms with Gasteiger partial charge in [-0.15, -0.1) is 5.10 Å². The van der Waals surface area contributed by atoms with Crippen LogP contribution in [-0.4, -0.2) is 33.8 Å². The Hall–Kier alpha value is -0.980. The van der Waals surface area contributed by atoms with Crippen LogP contribution in [0.3, 0.4) is 0 Å². The summed E-state index contributed by atoms with van der Waals surface area (Å²) in [4.78, 5) is 0. The molecule has 1 aromatic heterocycles. The lowest BCUT2D eigenvalue weighted by Crippen LogP contribution is -2.14. The van der Waals surface area contributed by atoms with Crippen LogP contribution in [-0.2, 0) is 24.4 Å². The molecule has 0 saturated heterocycles. The number of aliphatic hydroxyl groups excluding tert-OH is 1. The number of rotatable bonds is 7. The minimum atomic E-state index is 0.194. The Bertz CT molecular complexity index is 314. The van der Waals surface area contributed by atoms with Crippen LogP contribution in [0.4, 0.5) is 0 Å². The van der Waals surface area contributed by atoms with Crippen LogP contribution in [0.5, 0.6) is 0 Å². The second kappa shape index (κ2) is 6.57. The van der Waals surface area contributed by atoms with E-state index in [-0.39, 0.29) is 6.61 Å². The van der Waals surface area contributed by atoms with Crippen LogP contribution in [0.1, 0.15) is 24.7 Å². The van der Waals surface area contributed by atoms with Gasteiger partial charge in [-0.3, -0.25) is 0 Å². The van der Waals surface area contributed by atoms with Gasteiger partial charge in [-0.25, -0.2) is 4.68 Å². The number of aliphatic hydroxyl groups is 1. The first-order valence-electron chi connectivity index (χ1n) is 5.44. The van der Waals surface area contributed by atoms with Crippen molar-refractivity contribution in [3.63, 3.8) is 0 Å². The normalized spacial score (nSPS) is 13.0. The molecule has 6 heteroatoms. The molecule has 3 N–H and O–H groups in total. The Kier molecular flexibility index (Phi) is 5.37. The maximum absolute atomic E-state index is 8.85. The highest BCUT2D eigenvalue weighted by Crippen LogP contribution is 2.11. The minimum Gasteiger partial charge on any atom is -0.396 e. The lowest BCUT2D eigenvalue weighted by atomic mass is 10.1. The molecule has 0 bridgehead atoms. The molecule has 0 aromatic carbocycles. The van der Waals surface area contributed by atoms with Gasteiger partial charge in [0.15, 0.2) is 0 Å². The molecule has 92 valence electrons. The van der Waals surface area contributed by atoms with Gasteiger partial charge in [0.25, 0.3) is 0 Å². The van der Waals surface area contributed by atoms with Crippen molar-refractivity contribution in [2.45, 2.75) is 33.0 Å². The van der Waals surface area contributed by atoms with Crippen molar-refractivity contribution in [1.29, 1.82) is 0 Å². The molecule has 1 heterocycles. The van der Waals surface area contributed by atoms with Gasteiger partial charge in [0.1, 0.15) is 5.69 Å². The predicted molar refractivity (Wildman–Crippen MR) is 59.5 cm³/mol. The molecule has 0 amide bonds. The van der Waals surface area contributed by atoms with Crippen LogP contribution in [0.15, 0.2) is 0 Å². The second-order valence-corrected chi connectivity index (χ2v) is 3.92. The Balaban J connectivity index is 2.74. The topological polar surface area (TPSA) is 86.2 Å². The van der Waals surface area contributed by atoms with Crippen LogP contribution in [0.25, 0.3) is 0 Å². The third-order valence-corrected chi connectivity index (χ3v) is 2.50. The zero-order valence-electron chi connectivity index (χ0n) is 9.89. The summed E-state index contributed by atoms with van der Waals surface area (Å²) in [7, 11) is 1.63. The molecule has 0 radical (unpaired) electrons. The summed E-state index contributed by atoms with van der Waals surface area (Å²) in [6.45, 7) is 3.82. The van der Waals surface area contributed by atoms with Crippen molar-refractivity contribution in [1.82, 2.24) is 15.0 Å². The molecular formula is C10H20N4O2. The monoisotopic (exact) mass is 228 g/mol. The minimum absolute atomic E-state index is 0.194. The molecule has 0 aliphatic carbocycles. The fourth-order valence-electron chi connectivity index (χ4n) is 1.58. The molecule has 0 aliphatic heterocycles. The average molecular weight is 228 g/mol. The highest BCUT2D eigenvalue weighted by molar-refractivity contribution is 5.08. The van der Waals surface area contributed by atoms with Crippen LogP contribution < -0.4 is 5.73 Å². The Labute approximate surface area is 95.4 Å². The molecule has 1 rings (SSSR count). The van der Waals surface area contributed by atoms with Gasteiger partial charge in [0.05, 0.1) is 12.3 Å². The summed E-state index contributed by atoms with van der Waals surface area (Å²) in [5, 5.41) is 16.9. The lowest BCUT2D eigenvalue weighted by molar-refractivity contribution is 0.173. The summed E-state index contributed by atoms with van der Waals surface area (Å²) < 4.78 is 6.92. The van der Waals surface area contributed by atoms with E-state index in [1.54, 1.807) is 7.11 Å².